The van der Waals surface area contributed by atoms with E-state index in [0.717, 1.165) is 26.4 Å². The average molecular weight is 406 g/mol. The Kier molecular flexibility index (Phi) is 5.94. The summed E-state index contributed by atoms with van der Waals surface area (Å²) in [4.78, 5) is 8.64. The molecule has 3 rings (SSSR count). The zero-order valence-electron chi connectivity index (χ0n) is 16.4. The van der Waals surface area contributed by atoms with E-state index in [1.807, 2.05) is 50.9 Å². The maximum absolute atomic E-state index is 13.8. The first-order valence-corrected chi connectivity index (χ1v) is 11.7. The number of imidazole rings is 1. The van der Waals surface area contributed by atoms with E-state index >= 15 is 0 Å². The predicted molar refractivity (Wildman–Crippen MR) is 115 cm³/mol. The van der Waals surface area contributed by atoms with E-state index in [1.165, 1.54) is 0 Å². The molecule has 2 aromatic heterocycles. The zero-order chi connectivity index (χ0) is 19.6. The lowest BCUT2D eigenvalue weighted by molar-refractivity contribution is 0.415. The van der Waals surface area contributed by atoms with Crippen LogP contribution in [-0.2, 0) is 4.57 Å². The van der Waals surface area contributed by atoms with Crippen molar-refractivity contribution in [2.75, 3.05) is 39.2 Å². The highest BCUT2D eigenvalue weighted by Gasteiger charge is 2.36. The normalized spacial score (nSPS) is 15.0. The van der Waals surface area contributed by atoms with Gasteiger partial charge in [-0.2, -0.15) is 0 Å². The molecule has 1 aromatic carbocycles. The molecule has 6 nitrogen and oxygen atoms in total. The van der Waals surface area contributed by atoms with Gasteiger partial charge in [-0.3, -0.25) is 4.67 Å². The van der Waals surface area contributed by atoms with Crippen molar-refractivity contribution in [2.45, 2.75) is 19.5 Å². The number of benzene rings is 1. The largest absolute Gasteiger partial charge is 0.497 e. The second-order valence-corrected chi connectivity index (χ2v) is 11.4. The van der Waals surface area contributed by atoms with Crippen molar-refractivity contribution in [3.8, 4) is 5.75 Å². The Balaban J connectivity index is 1.99. The minimum absolute atomic E-state index is 0.119. The first-order valence-electron chi connectivity index (χ1n) is 8.97. The molecule has 0 saturated carbocycles. The maximum Gasteiger partial charge on any atom is 0.200 e. The van der Waals surface area contributed by atoms with E-state index in [1.54, 1.807) is 18.4 Å². The van der Waals surface area contributed by atoms with Crippen LogP contribution in [0.15, 0.2) is 30.5 Å². The lowest BCUT2D eigenvalue weighted by Crippen LogP contribution is -2.21. The molecule has 2 unspecified atom stereocenters. The molecule has 27 heavy (non-hydrogen) atoms. The van der Waals surface area contributed by atoms with Crippen molar-refractivity contribution in [3.63, 3.8) is 0 Å². The molecule has 0 bridgehead atoms. The molecule has 0 amide bonds. The van der Waals surface area contributed by atoms with Crippen LogP contribution in [0.5, 0.6) is 5.75 Å². The first kappa shape index (κ1) is 19.9. The fourth-order valence-corrected chi connectivity index (χ4v) is 7.39. The van der Waals surface area contributed by atoms with Crippen molar-refractivity contribution < 1.29 is 9.30 Å². The van der Waals surface area contributed by atoms with Crippen LogP contribution >= 0.6 is 18.6 Å². The summed E-state index contributed by atoms with van der Waals surface area (Å²) in [5.74, 6) is 1.55. The Labute approximate surface area is 164 Å². The Morgan fingerprint density at radius 1 is 1.37 bits per heavy atom. The second-order valence-electron chi connectivity index (χ2n) is 6.76. The highest BCUT2D eigenvalue weighted by molar-refractivity contribution is 7.62. The molecule has 146 valence electrons. The number of anilines is 1. The Morgan fingerprint density at radius 2 is 2.15 bits per heavy atom. The predicted octanol–water partition coefficient (Wildman–Crippen LogP) is 4.95. The lowest BCUT2D eigenvalue weighted by atomic mass is 10.2. The zero-order valence-corrected chi connectivity index (χ0v) is 18.2. The van der Waals surface area contributed by atoms with Gasteiger partial charge in [0.05, 0.1) is 18.5 Å². The third kappa shape index (κ3) is 4.05. The number of aromatic nitrogens is 2. The van der Waals surface area contributed by atoms with Crippen LogP contribution in [-0.4, -0.2) is 48.6 Å². The summed E-state index contributed by atoms with van der Waals surface area (Å²) >= 11 is 1.69. The number of ether oxygens (including phenoxy) is 1. The number of rotatable bonds is 8. The summed E-state index contributed by atoms with van der Waals surface area (Å²) in [5, 5.41) is 4.49. The number of thiophene rings is 1. The fourth-order valence-electron chi connectivity index (χ4n) is 3.24. The summed E-state index contributed by atoms with van der Waals surface area (Å²) in [6, 6.07) is 8.21. The molecule has 0 spiro atoms. The number of nitrogens with one attached hydrogen (secondary N) is 2. The van der Waals surface area contributed by atoms with Crippen molar-refractivity contribution in [2.24, 2.45) is 0 Å². The standard InChI is InChI=1S/C19H27N4O2PS/c1-6-26(24,23(3)4)16(12-21-19-20-11-13(2)22-19)18-9-14-7-8-15(25-5)10-17(14)27-18/h7-11,16H,6,12H2,1-5H3,(H2,20,21,22). The minimum atomic E-state index is -2.60. The summed E-state index contributed by atoms with van der Waals surface area (Å²) in [6.07, 6.45) is 2.47. The van der Waals surface area contributed by atoms with Crippen LogP contribution in [0.4, 0.5) is 5.95 Å². The molecule has 0 fully saturated rings. The van der Waals surface area contributed by atoms with E-state index in [-0.39, 0.29) is 5.66 Å². The number of hydrogen-bond donors (Lipinski definition) is 2. The topological polar surface area (TPSA) is 70.2 Å². The lowest BCUT2D eigenvalue weighted by Gasteiger charge is -2.31. The molecule has 3 aromatic rings. The number of H-pyrrole nitrogens is 1. The summed E-state index contributed by atoms with van der Waals surface area (Å²) < 4.78 is 22.2. The van der Waals surface area contributed by atoms with E-state index in [9.17, 15) is 4.57 Å². The van der Waals surface area contributed by atoms with Crippen LogP contribution in [0.2, 0.25) is 0 Å². The molecule has 2 heterocycles. The van der Waals surface area contributed by atoms with Gasteiger partial charge in [-0.05, 0) is 50.7 Å². The highest BCUT2D eigenvalue weighted by Crippen LogP contribution is 2.61. The van der Waals surface area contributed by atoms with Crippen LogP contribution in [0.3, 0.4) is 0 Å². The van der Waals surface area contributed by atoms with E-state index in [4.69, 9.17) is 4.74 Å². The molecular formula is C19H27N4O2PS. The van der Waals surface area contributed by atoms with Gasteiger partial charge in [0.15, 0.2) is 13.2 Å². The summed E-state index contributed by atoms with van der Waals surface area (Å²) in [7, 11) is 2.89. The number of nitrogens with zero attached hydrogens (tertiary/aromatic N) is 2. The first-order chi connectivity index (χ1) is 12.9. The summed E-state index contributed by atoms with van der Waals surface area (Å²) in [6.45, 7) is 4.50. The SMILES string of the molecule is CCP(=O)(C(CNc1nc(C)c[nH]1)c1cc2ccc(OC)cc2s1)N(C)C. The number of fused-ring (bicyclic) bond motifs is 1. The number of aromatic amines is 1. The fraction of sp³-hybridized carbons (Fsp3) is 0.421. The molecule has 0 aliphatic heterocycles. The molecule has 2 N–H and O–H groups in total. The van der Waals surface area contributed by atoms with Crippen molar-refractivity contribution in [1.82, 2.24) is 14.6 Å². The van der Waals surface area contributed by atoms with Crippen molar-refractivity contribution in [1.29, 1.82) is 0 Å². The average Bonchev–Trinajstić information content (AvgIpc) is 3.26. The molecule has 0 saturated heterocycles. The summed E-state index contributed by atoms with van der Waals surface area (Å²) in [5.41, 5.74) is 0.806. The molecule has 0 radical (unpaired) electrons. The van der Waals surface area contributed by atoms with Gasteiger partial charge in [0.1, 0.15) is 5.75 Å². The van der Waals surface area contributed by atoms with Gasteiger partial charge in [0.25, 0.3) is 0 Å². The van der Waals surface area contributed by atoms with Gasteiger partial charge < -0.3 is 19.6 Å². The minimum Gasteiger partial charge on any atom is -0.497 e. The van der Waals surface area contributed by atoms with Crippen LogP contribution < -0.4 is 10.1 Å². The molecular weight excluding hydrogens is 379 g/mol. The Hall–Kier alpha value is -1.82. The van der Waals surface area contributed by atoms with Crippen molar-refractivity contribution >= 4 is 34.7 Å². The molecule has 0 aliphatic carbocycles. The quantitative estimate of drug-likeness (QED) is 0.518. The molecule has 8 heteroatoms. The third-order valence-corrected chi connectivity index (χ3v) is 9.94. The molecule has 2 atom stereocenters. The maximum atomic E-state index is 13.8. The van der Waals surface area contributed by atoms with Gasteiger partial charge in [0.2, 0.25) is 0 Å². The van der Waals surface area contributed by atoms with Crippen LogP contribution in [0.1, 0.15) is 23.2 Å². The second kappa shape index (κ2) is 8.05. The van der Waals surface area contributed by atoms with Crippen molar-refractivity contribution in [3.05, 3.63) is 41.0 Å². The van der Waals surface area contributed by atoms with Crippen LogP contribution in [0, 0.1) is 6.92 Å². The monoisotopic (exact) mass is 406 g/mol. The smallest absolute Gasteiger partial charge is 0.200 e. The Bertz CT molecular complexity index is 966. The number of hydrogen-bond acceptors (Lipinski definition) is 5. The number of aryl methyl sites for hydroxylation is 1. The Morgan fingerprint density at radius 3 is 2.74 bits per heavy atom. The van der Waals surface area contributed by atoms with Gasteiger partial charge in [-0.25, -0.2) is 4.98 Å². The highest BCUT2D eigenvalue weighted by atomic mass is 32.1. The van der Waals surface area contributed by atoms with E-state index in [0.29, 0.717) is 18.7 Å². The van der Waals surface area contributed by atoms with E-state index < -0.39 is 7.29 Å². The van der Waals surface area contributed by atoms with E-state index in [2.05, 4.69) is 27.4 Å². The molecule has 0 aliphatic rings. The van der Waals surface area contributed by atoms with Gasteiger partial charge in [-0.15, -0.1) is 11.3 Å². The van der Waals surface area contributed by atoms with Gasteiger partial charge in [-0.1, -0.05) is 6.92 Å². The van der Waals surface area contributed by atoms with Crippen LogP contribution in [0.25, 0.3) is 10.1 Å². The van der Waals surface area contributed by atoms with Gasteiger partial charge in [0, 0.05) is 28.5 Å². The third-order valence-electron chi connectivity index (χ3n) is 4.86. The number of methoxy groups -OCH3 is 1. The van der Waals surface area contributed by atoms with Gasteiger partial charge >= 0.3 is 0 Å².